The van der Waals surface area contributed by atoms with Gasteiger partial charge in [0.15, 0.2) is 5.92 Å². The van der Waals surface area contributed by atoms with E-state index in [0.717, 1.165) is 56.7 Å². The minimum atomic E-state index is -0.740. The minimum absolute atomic E-state index is 0.682. The largest absolute Gasteiger partial charge is 0.358 e. The fraction of sp³-hybridized carbons (Fsp3) is 0.870. The highest BCUT2D eigenvalue weighted by atomic mass is 15.2. The first-order valence-corrected chi connectivity index (χ1v) is 11.7. The predicted octanol–water partition coefficient (Wildman–Crippen LogP) is 3.12. The van der Waals surface area contributed by atoms with Crippen molar-refractivity contribution in [2.45, 2.75) is 70.9 Å². The number of amidine groups is 1. The second-order valence-electron chi connectivity index (χ2n) is 9.23. The third-order valence-corrected chi connectivity index (χ3v) is 7.21. The number of likely N-dealkylation sites (tertiary alicyclic amines) is 3. The molecule has 3 aliphatic rings. The highest BCUT2D eigenvalue weighted by Gasteiger charge is 2.29. The smallest absolute Gasteiger partial charge is 0.189 e. The molecule has 0 aliphatic carbocycles. The third-order valence-electron chi connectivity index (χ3n) is 7.21. The van der Waals surface area contributed by atoms with Gasteiger partial charge in [0.05, 0.1) is 12.1 Å². The summed E-state index contributed by atoms with van der Waals surface area (Å²) in [5.41, 5.74) is 0. The van der Waals surface area contributed by atoms with Gasteiger partial charge in [-0.25, -0.2) is 0 Å². The summed E-state index contributed by atoms with van der Waals surface area (Å²) < 4.78 is 0. The zero-order valence-corrected chi connectivity index (χ0v) is 18.4. The number of aliphatic imine (C=N–C) groups is 1. The second kappa shape index (κ2) is 11.0. The van der Waals surface area contributed by atoms with Gasteiger partial charge in [0.25, 0.3) is 0 Å². The lowest BCUT2D eigenvalue weighted by molar-refractivity contribution is 0.173. The molecule has 3 saturated heterocycles. The Morgan fingerprint density at radius 3 is 2.10 bits per heavy atom. The van der Waals surface area contributed by atoms with Gasteiger partial charge >= 0.3 is 0 Å². The maximum atomic E-state index is 9.47. The normalized spacial score (nSPS) is 27.5. The lowest BCUT2D eigenvalue weighted by Crippen LogP contribution is -2.44. The van der Waals surface area contributed by atoms with Crippen LogP contribution in [0.5, 0.6) is 0 Å². The lowest BCUT2D eigenvalue weighted by atomic mass is 9.95. The molecule has 2 atom stereocenters. The summed E-state index contributed by atoms with van der Waals surface area (Å²) in [6, 6.07) is 5.73. The van der Waals surface area contributed by atoms with E-state index in [2.05, 4.69) is 40.7 Å². The van der Waals surface area contributed by atoms with Crippen LogP contribution in [-0.4, -0.2) is 78.4 Å². The molecule has 0 aromatic rings. The second-order valence-corrected chi connectivity index (χ2v) is 9.23. The van der Waals surface area contributed by atoms with Crippen LogP contribution >= 0.6 is 0 Å². The third kappa shape index (κ3) is 5.93. The monoisotopic (exact) mass is 398 g/mol. The van der Waals surface area contributed by atoms with Gasteiger partial charge in [0.1, 0.15) is 5.84 Å². The standard InChI is InChI=1S/C23H38N6/c1-19-6-3-11-27(19)13-5-10-26-23(22(16-24)17-25)28-14-8-21(9-15-28)18-29-12-4-7-20(29)2/h19-22H,3-15,18H2,1-2H3. The molecule has 6 nitrogen and oxygen atoms in total. The van der Waals surface area contributed by atoms with Gasteiger partial charge in [-0.05, 0) is 77.8 Å². The van der Waals surface area contributed by atoms with E-state index in [1.165, 1.54) is 45.3 Å². The quantitative estimate of drug-likeness (QED) is 0.374. The van der Waals surface area contributed by atoms with Crippen molar-refractivity contribution in [2.24, 2.45) is 16.8 Å². The summed E-state index contributed by atoms with van der Waals surface area (Å²) in [5, 5.41) is 18.9. The molecule has 0 bridgehead atoms. The molecule has 0 N–H and O–H groups in total. The van der Waals surface area contributed by atoms with Crippen molar-refractivity contribution >= 4 is 5.84 Å². The van der Waals surface area contributed by atoms with Gasteiger partial charge < -0.3 is 14.7 Å². The van der Waals surface area contributed by atoms with Crippen LogP contribution in [0, 0.1) is 34.5 Å². The summed E-state index contributed by atoms with van der Waals surface area (Å²) in [5.74, 6) is 0.709. The molecule has 3 fully saturated rings. The van der Waals surface area contributed by atoms with Crippen LogP contribution in [0.1, 0.15) is 58.8 Å². The molecule has 0 amide bonds. The van der Waals surface area contributed by atoms with Crippen molar-refractivity contribution in [2.75, 3.05) is 45.8 Å². The zero-order valence-electron chi connectivity index (χ0n) is 18.4. The summed E-state index contributed by atoms with van der Waals surface area (Å²) in [6.07, 6.45) is 8.53. The average molecular weight is 399 g/mol. The van der Waals surface area contributed by atoms with E-state index in [4.69, 9.17) is 4.99 Å². The van der Waals surface area contributed by atoms with Gasteiger partial charge in [0.2, 0.25) is 0 Å². The van der Waals surface area contributed by atoms with Crippen LogP contribution in [0.2, 0.25) is 0 Å². The van der Waals surface area contributed by atoms with Crippen molar-refractivity contribution in [3.63, 3.8) is 0 Å². The molecule has 0 radical (unpaired) electrons. The Labute approximate surface area is 177 Å². The van der Waals surface area contributed by atoms with Gasteiger partial charge in [-0.2, -0.15) is 10.5 Å². The number of hydrogen-bond acceptors (Lipinski definition) is 5. The van der Waals surface area contributed by atoms with Crippen molar-refractivity contribution in [1.29, 1.82) is 10.5 Å². The molecule has 0 aromatic heterocycles. The molecule has 0 aromatic carbocycles. The number of rotatable bonds is 7. The van der Waals surface area contributed by atoms with E-state index >= 15 is 0 Å². The molecule has 160 valence electrons. The van der Waals surface area contributed by atoms with Crippen molar-refractivity contribution < 1.29 is 0 Å². The SMILES string of the molecule is CC1CCCN1CCCN=C(C(C#N)C#N)N1CCC(CN2CCCC2C)CC1. The van der Waals surface area contributed by atoms with E-state index in [-0.39, 0.29) is 0 Å². The summed E-state index contributed by atoms with van der Waals surface area (Å²) in [6.45, 7) is 11.9. The van der Waals surface area contributed by atoms with Crippen molar-refractivity contribution in [3.05, 3.63) is 0 Å². The summed E-state index contributed by atoms with van der Waals surface area (Å²) in [4.78, 5) is 12.2. The van der Waals surface area contributed by atoms with Gasteiger partial charge in [-0.3, -0.25) is 4.99 Å². The van der Waals surface area contributed by atoms with E-state index in [0.29, 0.717) is 12.6 Å². The molecule has 29 heavy (non-hydrogen) atoms. The first-order chi connectivity index (χ1) is 14.1. The summed E-state index contributed by atoms with van der Waals surface area (Å²) in [7, 11) is 0. The van der Waals surface area contributed by atoms with Crippen LogP contribution in [0.4, 0.5) is 0 Å². The Bertz CT molecular complexity index is 610. The Morgan fingerprint density at radius 2 is 1.55 bits per heavy atom. The molecule has 0 spiro atoms. The summed E-state index contributed by atoms with van der Waals surface area (Å²) >= 11 is 0. The van der Waals surface area contributed by atoms with Crippen molar-refractivity contribution in [1.82, 2.24) is 14.7 Å². The Morgan fingerprint density at radius 1 is 0.931 bits per heavy atom. The van der Waals surface area contributed by atoms with E-state index in [1.54, 1.807) is 0 Å². The van der Waals surface area contributed by atoms with Crippen LogP contribution in [0.3, 0.4) is 0 Å². The molecule has 2 unspecified atom stereocenters. The maximum absolute atomic E-state index is 9.47. The van der Waals surface area contributed by atoms with Crippen LogP contribution in [0.25, 0.3) is 0 Å². The first-order valence-electron chi connectivity index (χ1n) is 11.7. The van der Waals surface area contributed by atoms with E-state index < -0.39 is 5.92 Å². The Kier molecular flexibility index (Phi) is 8.33. The molecule has 3 rings (SSSR count). The Balaban J connectivity index is 1.50. The Hall–Kier alpha value is -1.63. The fourth-order valence-electron chi connectivity index (χ4n) is 5.25. The highest BCUT2D eigenvalue weighted by Crippen LogP contribution is 2.25. The zero-order chi connectivity index (χ0) is 20.6. The molecular formula is C23H38N6. The predicted molar refractivity (Wildman–Crippen MR) is 116 cm³/mol. The molecular weight excluding hydrogens is 360 g/mol. The van der Waals surface area contributed by atoms with Crippen LogP contribution in [-0.2, 0) is 0 Å². The van der Waals surface area contributed by atoms with Gasteiger partial charge in [-0.15, -0.1) is 0 Å². The number of nitriles is 2. The minimum Gasteiger partial charge on any atom is -0.358 e. The fourth-order valence-corrected chi connectivity index (χ4v) is 5.25. The molecule has 3 aliphatic heterocycles. The lowest BCUT2D eigenvalue weighted by Gasteiger charge is -2.36. The van der Waals surface area contributed by atoms with Crippen LogP contribution < -0.4 is 0 Å². The topological polar surface area (TPSA) is 69.7 Å². The highest BCUT2D eigenvalue weighted by molar-refractivity contribution is 5.89. The van der Waals surface area contributed by atoms with E-state index in [1.807, 2.05) is 0 Å². The molecule has 3 heterocycles. The molecule has 6 heteroatoms. The maximum Gasteiger partial charge on any atom is 0.189 e. The van der Waals surface area contributed by atoms with Gasteiger partial charge in [0, 0.05) is 44.8 Å². The first kappa shape index (κ1) is 22.1. The number of piperidine rings is 1. The van der Waals surface area contributed by atoms with Gasteiger partial charge in [-0.1, -0.05) is 0 Å². The van der Waals surface area contributed by atoms with Crippen LogP contribution in [0.15, 0.2) is 4.99 Å². The van der Waals surface area contributed by atoms with Crippen molar-refractivity contribution in [3.8, 4) is 12.1 Å². The number of nitrogens with zero attached hydrogens (tertiary/aromatic N) is 6. The number of hydrogen-bond donors (Lipinski definition) is 0. The van der Waals surface area contributed by atoms with E-state index in [9.17, 15) is 10.5 Å². The molecule has 0 saturated carbocycles. The average Bonchev–Trinajstić information content (AvgIpc) is 3.33.